The molecule has 0 saturated carbocycles. The van der Waals surface area contributed by atoms with Gasteiger partial charge in [-0.25, -0.2) is 5.01 Å². The van der Waals surface area contributed by atoms with Gasteiger partial charge in [0.1, 0.15) is 23.3 Å². The molecular formula is C34H32N4O3. The van der Waals surface area contributed by atoms with Crippen LogP contribution in [0.5, 0.6) is 11.5 Å². The second-order valence-corrected chi connectivity index (χ2v) is 10.4. The molecule has 2 aliphatic rings. The molecule has 0 aromatic heterocycles. The first-order chi connectivity index (χ1) is 19.9. The van der Waals surface area contributed by atoms with E-state index in [0.29, 0.717) is 22.6 Å². The van der Waals surface area contributed by atoms with Crippen molar-refractivity contribution in [1.29, 1.82) is 0 Å². The van der Waals surface area contributed by atoms with E-state index in [-0.39, 0.29) is 5.91 Å². The smallest absolute Gasteiger partial charge is 0.275 e. The molecule has 6 rings (SSSR count). The van der Waals surface area contributed by atoms with Gasteiger partial charge in [0.25, 0.3) is 5.91 Å². The van der Waals surface area contributed by atoms with Gasteiger partial charge in [0.15, 0.2) is 0 Å². The van der Waals surface area contributed by atoms with Gasteiger partial charge in [0.2, 0.25) is 0 Å². The van der Waals surface area contributed by atoms with Crippen LogP contribution in [-0.4, -0.2) is 36.5 Å². The number of rotatable bonds is 7. The molecule has 2 aliphatic heterocycles. The SMILES string of the molecule is CCNc1cc2c(cc1C)C1(c3cc(C)c(NCC)cc3O2)c2ccccc2C(=O)N1/N=C/c1ccc(C=O)cc1. The summed E-state index contributed by atoms with van der Waals surface area (Å²) in [5.74, 6) is 1.15. The van der Waals surface area contributed by atoms with Crippen molar-refractivity contribution in [3.63, 3.8) is 0 Å². The van der Waals surface area contributed by atoms with E-state index >= 15 is 0 Å². The number of carbonyl (C=O) groups excluding carboxylic acids is 2. The van der Waals surface area contributed by atoms with Gasteiger partial charge < -0.3 is 15.4 Å². The molecule has 0 aliphatic carbocycles. The minimum Gasteiger partial charge on any atom is -0.456 e. The number of aryl methyl sites for hydroxylation is 2. The van der Waals surface area contributed by atoms with E-state index < -0.39 is 5.54 Å². The van der Waals surface area contributed by atoms with Crippen molar-refractivity contribution >= 4 is 29.8 Å². The topological polar surface area (TPSA) is 83.0 Å². The van der Waals surface area contributed by atoms with Crippen LogP contribution >= 0.6 is 0 Å². The van der Waals surface area contributed by atoms with Crippen LogP contribution < -0.4 is 15.4 Å². The minimum atomic E-state index is -1.05. The second-order valence-electron chi connectivity index (χ2n) is 10.4. The number of ether oxygens (including phenoxy) is 1. The Hall–Kier alpha value is -4.91. The first-order valence-electron chi connectivity index (χ1n) is 13.9. The first-order valence-corrected chi connectivity index (χ1v) is 13.9. The number of anilines is 2. The van der Waals surface area contributed by atoms with Crippen LogP contribution in [0.2, 0.25) is 0 Å². The van der Waals surface area contributed by atoms with E-state index in [1.165, 1.54) is 0 Å². The molecule has 2 heterocycles. The number of nitrogens with zero attached hydrogens (tertiary/aromatic N) is 2. The summed E-state index contributed by atoms with van der Waals surface area (Å²) in [6, 6.07) is 23.1. The van der Waals surface area contributed by atoms with Crippen molar-refractivity contribution in [2.24, 2.45) is 5.10 Å². The lowest BCUT2D eigenvalue weighted by molar-refractivity contribution is 0.0675. The van der Waals surface area contributed by atoms with Crippen LogP contribution in [0.4, 0.5) is 11.4 Å². The van der Waals surface area contributed by atoms with Crippen molar-refractivity contribution in [1.82, 2.24) is 5.01 Å². The third-order valence-corrected chi connectivity index (χ3v) is 7.84. The molecule has 2 N–H and O–H groups in total. The number of hydrogen-bond acceptors (Lipinski definition) is 6. The fourth-order valence-electron chi connectivity index (χ4n) is 5.94. The number of amides is 1. The largest absolute Gasteiger partial charge is 0.456 e. The van der Waals surface area contributed by atoms with Crippen LogP contribution in [-0.2, 0) is 5.54 Å². The molecule has 1 amide bonds. The molecular weight excluding hydrogens is 512 g/mol. The molecule has 0 saturated heterocycles. The lowest BCUT2D eigenvalue weighted by atomic mass is 9.74. The number of carbonyl (C=O) groups is 2. The molecule has 0 unspecified atom stereocenters. The summed E-state index contributed by atoms with van der Waals surface area (Å²) in [7, 11) is 0. The van der Waals surface area contributed by atoms with Crippen molar-refractivity contribution in [3.8, 4) is 11.5 Å². The van der Waals surface area contributed by atoms with Crippen molar-refractivity contribution in [3.05, 3.63) is 117 Å². The van der Waals surface area contributed by atoms with Gasteiger partial charge in [-0.05, 0) is 62.6 Å². The Kier molecular flexibility index (Phi) is 6.58. The number of hydrogen-bond donors (Lipinski definition) is 2. The molecule has 7 heteroatoms. The first kappa shape index (κ1) is 26.3. The molecule has 0 bridgehead atoms. The van der Waals surface area contributed by atoms with E-state index in [1.807, 2.05) is 48.5 Å². The second kappa shape index (κ2) is 10.2. The fourth-order valence-corrected chi connectivity index (χ4v) is 5.94. The third-order valence-electron chi connectivity index (χ3n) is 7.84. The van der Waals surface area contributed by atoms with Gasteiger partial charge in [-0.2, -0.15) is 5.10 Å². The summed E-state index contributed by atoms with van der Waals surface area (Å²) >= 11 is 0. The van der Waals surface area contributed by atoms with E-state index in [0.717, 1.165) is 64.1 Å². The Bertz CT molecular complexity index is 1650. The highest BCUT2D eigenvalue weighted by molar-refractivity contribution is 6.03. The van der Waals surface area contributed by atoms with Crippen LogP contribution in [0.15, 0.2) is 77.9 Å². The van der Waals surface area contributed by atoms with Gasteiger partial charge in [-0.3, -0.25) is 9.59 Å². The maximum absolute atomic E-state index is 14.2. The number of benzene rings is 4. The van der Waals surface area contributed by atoms with Crippen molar-refractivity contribution in [2.75, 3.05) is 23.7 Å². The van der Waals surface area contributed by atoms with Crippen LogP contribution in [0.25, 0.3) is 0 Å². The predicted molar refractivity (Wildman–Crippen MR) is 163 cm³/mol. The van der Waals surface area contributed by atoms with Gasteiger partial charge in [0, 0.05) is 64.4 Å². The van der Waals surface area contributed by atoms with Gasteiger partial charge in [0.05, 0.1) is 6.21 Å². The summed E-state index contributed by atoms with van der Waals surface area (Å²) in [6.45, 7) is 9.78. The van der Waals surface area contributed by atoms with Crippen LogP contribution in [0, 0.1) is 13.8 Å². The average molecular weight is 545 g/mol. The van der Waals surface area contributed by atoms with E-state index in [9.17, 15) is 9.59 Å². The van der Waals surface area contributed by atoms with E-state index in [4.69, 9.17) is 9.84 Å². The lowest BCUT2D eigenvalue weighted by Crippen LogP contribution is -2.44. The number of fused-ring (bicyclic) bond motifs is 6. The molecule has 1 spiro atoms. The maximum atomic E-state index is 14.2. The molecule has 0 atom stereocenters. The Balaban J connectivity index is 1.66. The zero-order chi connectivity index (χ0) is 28.7. The molecule has 0 radical (unpaired) electrons. The third kappa shape index (κ3) is 4.08. The predicted octanol–water partition coefficient (Wildman–Crippen LogP) is 6.87. The normalized spacial score (nSPS) is 14.4. The molecule has 7 nitrogen and oxygen atoms in total. The summed E-state index contributed by atoms with van der Waals surface area (Å²) in [5, 5.41) is 13.4. The molecule has 4 aromatic carbocycles. The van der Waals surface area contributed by atoms with Crippen LogP contribution in [0.3, 0.4) is 0 Å². The van der Waals surface area contributed by atoms with E-state index in [1.54, 1.807) is 23.4 Å². The summed E-state index contributed by atoms with van der Waals surface area (Å²) in [6.07, 6.45) is 2.48. The number of nitrogens with one attached hydrogen (secondary N) is 2. The highest BCUT2D eigenvalue weighted by atomic mass is 16.5. The van der Waals surface area contributed by atoms with Gasteiger partial charge in [-0.15, -0.1) is 0 Å². The lowest BCUT2D eigenvalue weighted by Gasteiger charge is -2.42. The standard InChI is InChI=1S/C34H32N4O3/c1-5-35-29-17-31-27(15-21(29)3)34(28-16-22(4)30(36-6-2)18-32(28)41-31)26-10-8-7-9-25(26)33(40)38(34)37-19-23-11-13-24(20-39)14-12-23/h7-20,35-36H,5-6H2,1-4H3/b37-19+. The fraction of sp³-hybridized carbons (Fsp3) is 0.206. The molecule has 0 fully saturated rings. The summed E-state index contributed by atoms with van der Waals surface area (Å²) in [4.78, 5) is 25.4. The molecule has 4 aromatic rings. The van der Waals surface area contributed by atoms with Crippen LogP contribution in [0.1, 0.15) is 67.9 Å². The zero-order valence-corrected chi connectivity index (χ0v) is 23.6. The zero-order valence-electron chi connectivity index (χ0n) is 23.6. The highest BCUT2D eigenvalue weighted by Gasteiger charge is 2.57. The van der Waals surface area contributed by atoms with Gasteiger partial charge >= 0.3 is 0 Å². The van der Waals surface area contributed by atoms with Crippen molar-refractivity contribution in [2.45, 2.75) is 33.2 Å². The van der Waals surface area contributed by atoms with E-state index in [2.05, 4.69) is 50.5 Å². The number of hydrazone groups is 1. The van der Waals surface area contributed by atoms with Gasteiger partial charge in [-0.1, -0.05) is 42.5 Å². The Labute approximate surface area is 239 Å². The molecule has 206 valence electrons. The number of aldehydes is 1. The average Bonchev–Trinajstić information content (AvgIpc) is 3.23. The monoisotopic (exact) mass is 544 g/mol. The minimum absolute atomic E-state index is 0.193. The Morgan fingerprint density at radius 1 is 0.805 bits per heavy atom. The summed E-state index contributed by atoms with van der Waals surface area (Å²) in [5.41, 5.74) is 7.51. The Morgan fingerprint density at radius 3 is 1.93 bits per heavy atom. The molecule has 41 heavy (non-hydrogen) atoms. The maximum Gasteiger partial charge on any atom is 0.275 e. The summed E-state index contributed by atoms with van der Waals surface area (Å²) < 4.78 is 6.63. The highest BCUT2D eigenvalue weighted by Crippen LogP contribution is 2.58. The quantitative estimate of drug-likeness (QED) is 0.196. The Morgan fingerprint density at radius 2 is 1.37 bits per heavy atom. The van der Waals surface area contributed by atoms with Crippen molar-refractivity contribution < 1.29 is 14.3 Å².